The Morgan fingerprint density at radius 2 is 2.15 bits per heavy atom. The molecule has 3 heterocycles. The number of hydrogen-bond donors (Lipinski definition) is 1. The van der Waals surface area contributed by atoms with Crippen LogP contribution in [0.4, 0.5) is 23.7 Å². The van der Waals surface area contributed by atoms with E-state index >= 15 is 0 Å². The fraction of sp³-hybridized carbons (Fsp3) is 0.647. The summed E-state index contributed by atoms with van der Waals surface area (Å²) in [6.45, 7) is 1.30. The van der Waals surface area contributed by atoms with E-state index in [2.05, 4.69) is 27.0 Å². The minimum atomic E-state index is -4.41. The van der Waals surface area contributed by atoms with Crippen LogP contribution in [0.2, 0.25) is 0 Å². The smallest absolute Gasteiger partial charge is 0.422 e. The third-order valence-corrected chi connectivity index (χ3v) is 4.90. The average molecular weight is 372 g/mol. The maximum Gasteiger partial charge on any atom is 0.422 e. The number of pyridine rings is 1. The standard InChI is InChI=1S/C17H23F3N4O2/c1-23-8-6-14-12(10-23)3-2-7-24(14)16(25)22-13-4-5-15(21-9-13)26-11-17(18,19)20/h4-5,9,12,14H,2-3,6-8,10-11H2,1H3,(H,22,25)/t12-,14+/m1/s1. The minimum Gasteiger partial charge on any atom is -0.468 e. The molecule has 9 heteroatoms. The van der Waals surface area contributed by atoms with Crippen LogP contribution in [0.25, 0.3) is 0 Å². The first kappa shape index (κ1) is 18.8. The van der Waals surface area contributed by atoms with E-state index in [0.717, 1.165) is 38.9 Å². The van der Waals surface area contributed by atoms with Crippen molar-refractivity contribution < 1.29 is 22.7 Å². The second-order valence-electron chi connectivity index (χ2n) is 6.93. The number of hydrogen-bond acceptors (Lipinski definition) is 4. The topological polar surface area (TPSA) is 57.7 Å². The Labute approximate surface area is 150 Å². The summed E-state index contributed by atoms with van der Waals surface area (Å²) in [6.07, 6.45) is -0.0410. The van der Waals surface area contributed by atoms with Gasteiger partial charge in [0.05, 0.1) is 11.9 Å². The van der Waals surface area contributed by atoms with Crippen LogP contribution in [0.3, 0.4) is 0 Å². The maximum absolute atomic E-state index is 12.6. The molecule has 0 saturated carbocycles. The van der Waals surface area contributed by atoms with Crippen LogP contribution in [0.15, 0.2) is 18.3 Å². The molecule has 2 amide bonds. The summed E-state index contributed by atoms with van der Waals surface area (Å²) < 4.78 is 41.0. The van der Waals surface area contributed by atoms with E-state index in [-0.39, 0.29) is 18.0 Å². The monoisotopic (exact) mass is 372 g/mol. The van der Waals surface area contributed by atoms with Gasteiger partial charge in [0.25, 0.3) is 0 Å². The lowest BCUT2D eigenvalue weighted by atomic mass is 9.84. The molecule has 0 spiro atoms. The van der Waals surface area contributed by atoms with E-state index in [9.17, 15) is 18.0 Å². The molecule has 1 aromatic heterocycles. The van der Waals surface area contributed by atoms with Crippen LogP contribution in [0.1, 0.15) is 19.3 Å². The molecule has 26 heavy (non-hydrogen) atoms. The van der Waals surface area contributed by atoms with E-state index < -0.39 is 12.8 Å². The highest BCUT2D eigenvalue weighted by atomic mass is 19.4. The highest BCUT2D eigenvalue weighted by Gasteiger charge is 2.37. The molecule has 0 aromatic carbocycles. The summed E-state index contributed by atoms with van der Waals surface area (Å²) in [5, 5.41) is 2.79. The number of likely N-dealkylation sites (tertiary alicyclic amines) is 2. The Hall–Kier alpha value is -2.03. The molecular weight excluding hydrogens is 349 g/mol. The van der Waals surface area contributed by atoms with Crippen molar-refractivity contribution in [1.82, 2.24) is 14.8 Å². The summed E-state index contributed by atoms with van der Waals surface area (Å²) in [6, 6.07) is 2.86. The number of nitrogens with zero attached hydrogens (tertiary/aromatic N) is 3. The molecule has 2 saturated heterocycles. The van der Waals surface area contributed by atoms with Crippen LogP contribution >= 0.6 is 0 Å². The number of fused-ring (bicyclic) bond motifs is 1. The highest BCUT2D eigenvalue weighted by molar-refractivity contribution is 5.89. The van der Waals surface area contributed by atoms with Crippen molar-refractivity contribution in [3.05, 3.63) is 18.3 Å². The quantitative estimate of drug-likeness (QED) is 0.886. The molecule has 0 bridgehead atoms. The first-order valence-corrected chi connectivity index (χ1v) is 8.73. The molecule has 1 aromatic rings. The predicted octanol–water partition coefficient (Wildman–Crippen LogP) is 2.97. The molecule has 3 rings (SSSR count). The van der Waals surface area contributed by atoms with Crippen molar-refractivity contribution >= 4 is 11.7 Å². The van der Waals surface area contributed by atoms with Crippen LogP contribution in [0.5, 0.6) is 5.88 Å². The predicted molar refractivity (Wildman–Crippen MR) is 90.1 cm³/mol. The second kappa shape index (κ2) is 7.69. The van der Waals surface area contributed by atoms with Gasteiger partial charge in [-0.2, -0.15) is 13.2 Å². The first-order chi connectivity index (χ1) is 12.3. The molecule has 144 valence electrons. The van der Waals surface area contributed by atoms with Gasteiger partial charge in [0.2, 0.25) is 5.88 Å². The highest BCUT2D eigenvalue weighted by Crippen LogP contribution is 2.30. The lowest BCUT2D eigenvalue weighted by Gasteiger charge is -2.46. The number of urea groups is 1. The average Bonchev–Trinajstić information content (AvgIpc) is 2.59. The number of carbonyl (C=O) groups excluding carboxylic acids is 1. The van der Waals surface area contributed by atoms with Crippen molar-refractivity contribution in [2.45, 2.75) is 31.5 Å². The van der Waals surface area contributed by atoms with E-state index in [4.69, 9.17) is 0 Å². The zero-order valence-corrected chi connectivity index (χ0v) is 14.6. The number of nitrogens with one attached hydrogen (secondary N) is 1. The van der Waals surface area contributed by atoms with E-state index in [1.165, 1.54) is 18.3 Å². The molecule has 0 aliphatic carbocycles. The number of anilines is 1. The van der Waals surface area contributed by atoms with Gasteiger partial charge in [0.1, 0.15) is 0 Å². The molecule has 0 unspecified atom stereocenters. The van der Waals surface area contributed by atoms with E-state index in [1.54, 1.807) is 0 Å². The number of halogens is 3. The van der Waals surface area contributed by atoms with Crippen molar-refractivity contribution in [1.29, 1.82) is 0 Å². The van der Waals surface area contributed by atoms with Crippen LogP contribution in [0, 0.1) is 5.92 Å². The third-order valence-electron chi connectivity index (χ3n) is 4.90. The Balaban J connectivity index is 1.57. The summed E-state index contributed by atoms with van der Waals surface area (Å²) in [4.78, 5) is 20.6. The SMILES string of the molecule is CN1CC[C@H]2[C@H](CCCN2C(=O)Nc2ccc(OCC(F)(F)F)nc2)C1. The van der Waals surface area contributed by atoms with Crippen molar-refractivity contribution in [3.63, 3.8) is 0 Å². The number of carbonyl (C=O) groups is 1. The summed E-state index contributed by atoms with van der Waals surface area (Å²) in [7, 11) is 2.10. The van der Waals surface area contributed by atoms with Gasteiger partial charge >= 0.3 is 12.2 Å². The van der Waals surface area contributed by atoms with E-state index in [1.807, 2.05) is 4.90 Å². The molecule has 2 atom stereocenters. The molecular formula is C17H23F3N4O2. The molecule has 2 aliphatic rings. The van der Waals surface area contributed by atoms with Gasteiger partial charge < -0.3 is 19.9 Å². The Morgan fingerprint density at radius 1 is 1.35 bits per heavy atom. The van der Waals surface area contributed by atoms with E-state index in [0.29, 0.717) is 11.6 Å². The number of amides is 2. The Morgan fingerprint density at radius 3 is 2.85 bits per heavy atom. The van der Waals surface area contributed by atoms with Crippen LogP contribution in [-0.4, -0.2) is 66.3 Å². The summed E-state index contributed by atoms with van der Waals surface area (Å²) in [5.74, 6) is 0.359. The molecule has 2 fully saturated rings. The number of aromatic nitrogens is 1. The van der Waals surface area contributed by atoms with Gasteiger partial charge in [-0.3, -0.25) is 0 Å². The van der Waals surface area contributed by atoms with Gasteiger partial charge in [-0.05, 0) is 44.8 Å². The first-order valence-electron chi connectivity index (χ1n) is 8.73. The van der Waals surface area contributed by atoms with Gasteiger partial charge in [0.15, 0.2) is 6.61 Å². The number of ether oxygens (including phenoxy) is 1. The zero-order valence-electron chi connectivity index (χ0n) is 14.6. The molecule has 0 radical (unpaired) electrons. The van der Waals surface area contributed by atoms with Gasteiger partial charge in [-0.1, -0.05) is 0 Å². The van der Waals surface area contributed by atoms with Crippen molar-refractivity contribution in [2.75, 3.05) is 38.6 Å². The lowest BCUT2D eigenvalue weighted by Crippen LogP contribution is -2.56. The second-order valence-corrected chi connectivity index (χ2v) is 6.93. The van der Waals surface area contributed by atoms with Crippen molar-refractivity contribution in [3.8, 4) is 5.88 Å². The number of rotatable bonds is 3. The fourth-order valence-corrected chi connectivity index (χ4v) is 3.73. The van der Waals surface area contributed by atoms with Crippen molar-refractivity contribution in [2.24, 2.45) is 5.92 Å². The van der Waals surface area contributed by atoms with Gasteiger partial charge in [-0.15, -0.1) is 0 Å². The largest absolute Gasteiger partial charge is 0.468 e. The normalized spacial score (nSPS) is 24.1. The fourth-order valence-electron chi connectivity index (χ4n) is 3.73. The molecule has 6 nitrogen and oxygen atoms in total. The third kappa shape index (κ3) is 4.78. The summed E-state index contributed by atoms with van der Waals surface area (Å²) in [5.41, 5.74) is 0.435. The van der Waals surface area contributed by atoms with Gasteiger partial charge in [-0.25, -0.2) is 9.78 Å². The molecule has 2 aliphatic heterocycles. The molecule has 1 N–H and O–H groups in total. The van der Waals surface area contributed by atoms with Crippen LogP contribution < -0.4 is 10.1 Å². The Kier molecular flexibility index (Phi) is 5.55. The zero-order chi connectivity index (χ0) is 18.7. The van der Waals surface area contributed by atoms with Crippen LogP contribution in [-0.2, 0) is 0 Å². The lowest BCUT2D eigenvalue weighted by molar-refractivity contribution is -0.154. The Bertz CT molecular complexity index is 623. The van der Waals surface area contributed by atoms with Gasteiger partial charge in [0, 0.05) is 25.2 Å². The maximum atomic E-state index is 12.6. The summed E-state index contributed by atoms with van der Waals surface area (Å²) >= 11 is 0. The minimum absolute atomic E-state index is 0.131. The number of alkyl halides is 3. The number of piperidine rings is 2.